The molecular weight excluding hydrogens is 448 g/mol. The van der Waals surface area contributed by atoms with Gasteiger partial charge in [0, 0.05) is 11.8 Å². The van der Waals surface area contributed by atoms with Gasteiger partial charge in [0.1, 0.15) is 12.1 Å². The molecule has 0 aliphatic carbocycles. The summed E-state index contributed by atoms with van der Waals surface area (Å²) in [5.74, 6) is -1.49. The molecule has 1 aliphatic rings. The van der Waals surface area contributed by atoms with Crippen molar-refractivity contribution in [3.63, 3.8) is 0 Å². The maximum Gasteiger partial charge on any atom is 0.387 e. The molecule has 176 valence electrons. The number of nitrogens with zero attached hydrogens (tertiary/aromatic N) is 1. The van der Waals surface area contributed by atoms with Crippen LogP contribution in [0.2, 0.25) is 0 Å². The van der Waals surface area contributed by atoms with Gasteiger partial charge in [0.2, 0.25) is 5.91 Å². The highest BCUT2D eigenvalue weighted by atomic mass is 19.3. The van der Waals surface area contributed by atoms with E-state index in [-0.39, 0.29) is 17.2 Å². The molecule has 1 saturated heterocycles. The lowest BCUT2D eigenvalue weighted by Crippen LogP contribution is -2.42. The lowest BCUT2D eigenvalue weighted by molar-refractivity contribution is -0.133. The SMILES string of the molecule is COc1ccc(NC(=O)CN2C(=O)NC(C)(c3ccc4ccccc4c3)C2=O)cc1OC(F)F. The van der Waals surface area contributed by atoms with Crippen LogP contribution in [0, 0.1) is 0 Å². The van der Waals surface area contributed by atoms with Gasteiger partial charge in [-0.3, -0.25) is 14.5 Å². The molecule has 4 amide bonds. The van der Waals surface area contributed by atoms with Crippen molar-refractivity contribution >= 4 is 34.3 Å². The highest BCUT2D eigenvalue weighted by molar-refractivity contribution is 6.10. The summed E-state index contributed by atoms with van der Waals surface area (Å²) in [6.07, 6.45) is 0. The van der Waals surface area contributed by atoms with Gasteiger partial charge >= 0.3 is 12.6 Å². The summed E-state index contributed by atoms with van der Waals surface area (Å²) >= 11 is 0. The maximum absolute atomic E-state index is 13.2. The number of benzene rings is 3. The number of halogens is 2. The van der Waals surface area contributed by atoms with E-state index in [0.717, 1.165) is 21.7 Å². The van der Waals surface area contributed by atoms with Gasteiger partial charge in [0.25, 0.3) is 5.91 Å². The minimum atomic E-state index is -3.08. The number of ether oxygens (including phenoxy) is 2. The number of imide groups is 1. The molecule has 1 fully saturated rings. The molecule has 0 aromatic heterocycles. The standard InChI is InChI=1S/C24H21F2N3O5/c1-24(16-8-7-14-5-3-4-6-15(14)11-16)21(31)29(23(32)28-24)13-20(30)27-17-9-10-18(33-2)19(12-17)34-22(25)26/h3-12,22H,13H2,1-2H3,(H,27,30)(H,28,32). The van der Waals surface area contributed by atoms with Crippen LogP contribution in [0.3, 0.4) is 0 Å². The molecule has 2 N–H and O–H groups in total. The molecule has 1 aliphatic heterocycles. The number of nitrogens with one attached hydrogen (secondary N) is 2. The fraction of sp³-hybridized carbons (Fsp3) is 0.208. The third-order valence-electron chi connectivity index (χ3n) is 5.57. The van der Waals surface area contributed by atoms with E-state index in [4.69, 9.17) is 4.74 Å². The molecule has 10 heteroatoms. The second-order valence-electron chi connectivity index (χ2n) is 7.80. The first-order valence-electron chi connectivity index (χ1n) is 10.3. The Morgan fingerprint density at radius 3 is 2.50 bits per heavy atom. The summed E-state index contributed by atoms with van der Waals surface area (Å²) in [7, 11) is 1.29. The number of hydrogen-bond donors (Lipinski definition) is 2. The van der Waals surface area contributed by atoms with Crippen LogP contribution in [0.1, 0.15) is 12.5 Å². The Morgan fingerprint density at radius 2 is 1.79 bits per heavy atom. The van der Waals surface area contributed by atoms with Gasteiger partial charge in [-0.1, -0.05) is 36.4 Å². The molecule has 0 radical (unpaired) electrons. The Hall–Kier alpha value is -4.21. The lowest BCUT2D eigenvalue weighted by atomic mass is 9.90. The predicted octanol–water partition coefficient (Wildman–Crippen LogP) is 3.86. The number of anilines is 1. The van der Waals surface area contributed by atoms with Gasteiger partial charge in [0.05, 0.1) is 7.11 Å². The van der Waals surface area contributed by atoms with Gasteiger partial charge in [-0.15, -0.1) is 0 Å². The van der Waals surface area contributed by atoms with Crippen LogP contribution >= 0.6 is 0 Å². The maximum atomic E-state index is 13.2. The summed E-state index contributed by atoms with van der Waals surface area (Å²) in [4.78, 5) is 39.1. The molecule has 1 heterocycles. The Kier molecular flexibility index (Phi) is 6.06. The van der Waals surface area contributed by atoms with Gasteiger partial charge in [-0.25, -0.2) is 4.79 Å². The molecule has 1 atom stereocenters. The van der Waals surface area contributed by atoms with Crippen LogP contribution in [0.5, 0.6) is 11.5 Å². The monoisotopic (exact) mass is 469 g/mol. The third-order valence-corrected chi connectivity index (χ3v) is 5.57. The Labute approximate surface area is 193 Å². The zero-order valence-electron chi connectivity index (χ0n) is 18.3. The predicted molar refractivity (Wildman–Crippen MR) is 120 cm³/mol. The number of rotatable bonds is 7. The molecule has 0 bridgehead atoms. The summed E-state index contributed by atoms with van der Waals surface area (Å²) < 4.78 is 34.6. The number of methoxy groups -OCH3 is 1. The van der Waals surface area contributed by atoms with Crippen molar-refractivity contribution in [2.75, 3.05) is 19.0 Å². The van der Waals surface area contributed by atoms with Crippen molar-refractivity contribution < 1.29 is 32.6 Å². The molecular formula is C24H21F2N3O5. The van der Waals surface area contributed by atoms with Gasteiger partial charge < -0.3 is 20.1 Å². The van der Waals surface area contributed by atoms with Crippen LogP contribution in [-0.4, -0.2) is 43.0 Å². The van der Waals surface area contributed by atoms with Crippen LogP contribution in [0.25, 0.3) is 10.8 Å². The number of carbonyl (C=O) groups is 3. The zero-order valence-corrected chi connectivity index (χ0v) is 18.3. The summed E-state index contributed by atoms with van der Waals surface area (Å²) in [5.41, 5.74) is -0.637. The fourth-order valence-corrected chi connectivity index (χ4v) is 3.82. The first kappa shape index (κ1) is 23.0. The first-order valence-corrected chi connectivity index (χ1v) is 10.3. The average molecular weight is 469 g/mol. The summed E-state index contributed by atoms with van der Waals surface area (Å²) in [6, 6.07) is 16.2. The fourth-order valence-electron chi connectivity index (χ4n) is 3.82. The van der Waals surface area contributed by atoms with E-state index in [2.05, 4.69) is 15.4 Å². The number of fused-ring (bicyclic) bond motifs is 1. The van der Waals surface area contributed by atoms with Crippen LogP contribution < -0.4 is 20.1 Å². The molecule has 34 heavy (non-hydrogen) atoms. The quantitative estimate of drug-likeness (QED) is 0.513. The average Bonchev–Trinajstić information content (AvgIpc) is 3.02. The van der Waals surface area contributed by atoms with E-state index in [1.165, 1.54) is 19.2 Å². The highest BCUT2D eigenvalue weighted by Gasteiger charge is 2.49. The molecule has 1 unspecified atom stereocenters. The van der Waals surface area contributed by atoms with E-state index < -0.39 is 36.5 Å². The van der Waals surface area contributed by atoms with Gasteiger partial charge in [-0.05, 0) is 41.5 Å². The topological polar surface area (TPSA) is 97.0 Å². The molecule has 0 saturated carbocycles. The molecule has 3 aromatic carbocycles. The van der Waals surface area contributed by atoms with E-state index >= 15 is 0 Å². The van der Waals surface area contributed by atoms with Crippen molar-refractivity contribution in [1.82, 2.24) is 10.2 Å². The minimum absolute atomic E-state index is 0.0542. The lowest BCUT2D eigenvalue weighted by Gasteiger charge is -2.22. The zero-order chi connectivity index (χ0) is 24.5. The van der Waals surface area contributed by atoms with Crippen LogP contribution in [-0.2, 0) is 15.1 Å². The van der Waals surface area contributed by atoms with Crippen molar-refractivity contribution in [1.29, 1.82) is 0 Å². The minimum Gasteiger partial charge on any atom is -0.493 e. The van der Waals surface area contributed by atoms with Gasteiger partial charge in [0.15, 0.2) is 11.5 Å². The number of alkyl halides is 2. The molecule has 0 spiro atoms. The largest absolute Gasteiger partial charge is 0.493 e. The van der Waals surface area contributed by atoms with Crippen molar-refractivity contribution in [3.05, 3.63) is 66.2 Å². The normalized spacial score (nSPS) is 17.7. The smallest absolute Gasteiger partial charge is 0.387 e. The van der Waals surface area contributed by atoms with E-state index in [0.29, 0.717) is 5.56 Å². The van der Waals surface area contributed by atoms with Crippen LogP contribution in [0.4, 0.5) is 19.3 Å². The Bertz CT molecular complexity index is 1280. The molecule has 8 nitrogen and oxygen atoms in total. The number of urea groups is 1. The molecule has 3 aromatic rings. The number of amides is 4. The second kappa shape index (κ2) is 8.97. The summed E-state index contributed by atoms with van der Waals surface area (Å²) in [5, 5.41) is 7.02. The Morgan fingerprint density at radius 1 is 1.06 bits per heavy atom. The van der Waals surface area contributed by atoms with Crippen LogP contribution in [0.15, 0.2) is 60.7 Å². The van der Waals surface area contributed by atoms with Crippen molar-refractivity contribution in [2.45, 2.75) is 19.1 Å². The van der Waals surface area contributed by atoms with Gasteiger partial charge in [-0.2, -0.15) is 8.78 Å². The number of hydrogen-bond acceptors (Lipinski definition) is 5. The van der Waals surface area contributed by atoms with Crippen molar-refractivity contribution in [2.24, 2.45) is 0 Å². The van der Waals surface area contributed by atoms with Crippen molar-refractivity contribution in [3.8, 4) is 11.5 Å². The van der Waals surface area contributed by atoms with E-state index in [1.807, 2.05) is 36.4 Å². The first-order chi connectivity index (χ1) is 16.2. The molecule has 4 rings (SSSR count). The number of carbonyl (C=O) groups excluding carboxylic acids is 3. The van der Waals surface area contributed by atoms with E-state index in [9.17, 15) is 23.2 Å². The third kappa shape index (κ3) is 4.34. The second-order valence-corrected chi connectivity index (χ2v) is 7.80. The Balaban J connectivity index is 1.50. The van der Waals surface area contributed by atoms with E-state index in [1.54, 1.807) is 13.0 Å². The highest BCUT2D eigenvalue weighted by Crippen LogP contribution is 2.33. The summed E-state index contributed by atoms with van der Waals surface area (Å²) in [6.45, 7) is -2.07.